The van der Waals surface area contributed by atoms with E-state index in [9.17, 15) is 0 Å². The lowest BCUT2D eigenvalue weighted by molar-refractivity contribution is 0.492. The Kier molecular flexibility index (Phi) is 7.49. The summed E-state index contributed by atoms with van der Waals surface area (Å²) in [6, 6.07) is 39.6. The number of hydrogen-bond donors (Lipinski definition) is 0. The molecule has 0 saturated carbocycles. The van der Waals surface area contributed by atoms with Crippen molar-refractivity contribution in [2.75, 3.05) is 0 Å². The highest BCUT2D eigenvalue weighted by Crippen LogP contribution is 2.42. The lowest BCUT2D eigenvalue weighted by Crippen LogP contribution is -2.43. The zero-order valence-corrected chi connectivity index (χ0v) is 32.1. The molecule has 246 valence electrons. The summed E-state index contributed by atoms with van der Waals surface area (Å²) in [6.45, 7) is 23.0. The number of aromatic nitrogens is 2. The van der Waals surface area contributed by atoms with E-state index in [4.69, 9.17) is 8.85 Å². The number of hydrogen-bond acceptors (Lipinski definition) is 2. The van der Waals surface area contributed by atoms with Gasteiger partial charge in [-0.25, -0.2) is 0 Å². The predicted molar refractivity (Wildman–Crippen MR) is 211 cm³/mol. The molecule has 0 N–H and O–H groups in total. The van der Waals surface area contributed by atoms with Gasteiger partial charge in [-0.2, -0.15) is 0 Å². The average Bonchev–Trinajstić information content (AvgIpc) is 3.51. The molecule has 7 aromatic rings. The largest absolute Gasteiger partial charge is 0.543 e. The molecule has 0 amide bonds. The molecule has 0 radical (unpaired) electrons. The minimum absolute atomic E-state index is 0.112. The van der Waals surface area contributed by atoms with Crippen LogP contribution in [0.4, 0.5) is 0 Å². The fraction of sp³-hybridized carbons (Fsp3) is 0.286. The number of fused-ring (bicyclic) bond motifs is 6. The maximum Gasteiger partial charge on any atom is 0.250 e. The zero-order chi connectivity index (χ0) is 34.2. The first-order chi connectivity index (χ1) is 22.6. The molecule has 0 bridgehead atoms. The minimum atomic E-state index is -2.02. The summed E-state index contributed by atoms with van der Waals surface area (Å²) >= 11 is 0. The molecule has 48 heavy (non-hydrogen) atoms. The van der Waals surface area contributed by atoms with E-state index in [-0.39, 0.29) is 10.1 Å². The van der Waals surface area contributed by atoms with Crippen LogP contribution in [0.25, 0.3) is 55.0 Å². The van der Waals surface area contributed by atoms with Gasteiger partial charge in [0.05, 0.1) is 22.1 Å². The molecular formula is C42H48N2O2Si2. The maximum atomic E-state index is 6.82. The Hall–Kier alpha value is -4.27. The van der Waals surface area contributed by atoms with Gasteiger partial charge < -0.3 is 18.0 Å². The van der Waals surface area contributed by atoms with Crippen molar-refractivity contribution in [3.05, 3.63) is 109 Å². The Bertz CT molecular complexity index is 2170. The van der Waals surface area contributed by atoms with E-state index in [1.807, 2.05) is 0 Å². The van der Waals surface area contributed by atoms with Crippen molar-refractivity contribution in [1.29, 1.82) is 0 Å². The SMILES string of the molecule is CC(C)(C)[Si](C)(C)Oc1ccc2c3ccccc3n(-c3cccc(-n4c5ccccc5c5ccc(O[Si](C)(C)C(C)(C)C)cc54)c3)c2c1. The van der Waals surface area contributed by atoms with E-state index in [2.05, 4.69) is 186 Å². The molecule has 0 unspecified atom stereocenters. The smallest absolute Gasteiger partial charge is 0.250 e. The quantitative estimate of drug-likeness (QED) is 0.165. The highest BCUT2D eigenvalue weighted by Gasteiger charge is 2.40. The molecule has 0 aliphatic carbocycles. The number of rotatable bonds is 6. The van der Waals surface area contributed by atoms with Crippen molar-refractivity contribution in [3.8, 4) is 22.9 Å². The van der Waals surface area contributed by atoms with E-state index in [1.165, 1.54) is 32.6 Å². The molecule has 0 saturated heterocycles. The van der Waals surface area contributed by atoms with E-state index in [1.54, 1.807) is 0 Å². The van der Waals surface area contributed by atoms with Gasteiger partial charge in [-0.1, -0.05) is 84.0 Å². The molecule has 0 aliphatic rings. The van der Waals surface area contributed by atoms with Crippen molar-refractivity contribution in [2.24, 2.45) is 0 Å². The van der Waals surface area contributed by atoms with Crippen molar-refractivity contribution in [2.45, 2.75) is 77.8 Å². The van der Waals surface area contributed by atoms with E-state index in [0.29, 0.717) is 0 Å². The van der Waals surface area contributed by atoms with Gasteiger partial charge in [0.2, 0.25) is 16.6 Å². The first-order valence-corrected chi connectivity index (χ1v) is 22.9. The lowest BCUT2D eigenvalue weighted by atomic mass is 10.1. The van der Waals surface area contributed by atoms with E-state index >= 15 is 0 Å². The summed E-state index contributed by atoms with van der Waals surface area (Å²) in [7, 11) is -4.03. The first-order valence-electron chi connectivity index (χ1n) is 17.1. The second-order valence-electron chi connectivity index (χ2n) is 16.3. The van der Waals surface area contributed by atoms with Gasteiger partial charge in [-0.15, -0.1) is 0 Å². The van der Waals surface area contributed by atoms with Crippen molar-refractivity contribution in [3.63, 3.8) is 0 Å². The van der Waals surface area contributed by atoms with Gasteiger partial charge in [0, 0.05) is 45.1 Å². The molecule has 0 atom stereocenters. The maximum absolute atomic E-state index is 6.82. The van der Waals surface area contributed by atoms with Crippen LogP contribution in [0.15, 0.2) is 109 Å². The molecule has 0 spiro atoms. The van der Waals surface area contributed by atoms with Crippen LogP contribution >= 0.6 is 0 Å². The molecular weight excluding hydrogens is 621 g/mol. The van der Waals surface area contributed by atoms with Gasteiger partial charge in [-0.3, -0.25) is 0 Å². The summed E-state index contributed by atoms with van der Waals surface area (Å²) in [6.07, 6.45) is 0. The molecule has 5 aromatic carbocycles. The van der Waals surface area contributed by atoms with Crippen molar-refractivity contribution in [1.82, 2.24) is 9.13 Å². The summed E-state index contributed by atoms with van der Waals surface area (Å²) in [5.41, 5.74) is 6.89. The van der Waals surface area contributed by atoms with Gasteiger partial charge >= 0.3 is 0 Å². The van der Waals surface area contributed by atoms with Crippen LogP contribution in [0.5, 0.6) is 11.5 Å². The fourth-order valence-electron chi connectivity index (χ4n) is 6.25. The van der Waals surface area contributed by atoms with Crippen molar-refractivity contribution < 1.29 is 8.85 Å². The number of para-hydroxylation sites is 2. The summed E-state index contributed by atoms with van der Waals surface area (Å²) in [5, 5.41) is 5.15. The van der Waals surface area contributed by atoms with Crippen LogP contribution in [0.3, 0.4) is 0 Å². The van der Waals surface area contributed by atoms with Gasteiger partial charge in [-0.05, 0) is 90.9 Å². The summed E-state index contributed by atoms with van der Waals surface area (Å²) in [4.78, 5) is 0. The van der Waals surface area contributed by atoms with Crippen molar-refractivity contribution >= 4 is 60.2 Å². The minimum Gasteiger partial charge on any atom is -0.543 e. The summed E-state index contributed by atoms with van der Waals surface area (Å²) < 4.78 is 18.4. The van der Waals surface area contributed by atoms with Gasteiger partial charge in [0.25, 0.3) is 0 Å². The molecule has 0 aliphatic heterocycles. The Morgan fingerprint density at radius 2 is 0.792 bits per heavy atom. The van der Waals surface area contributed by atoms with Gasteiger partial charge in [0.15, 0.2) is 0 Å². The van der Waals surface area contributed by atoms with Crippen LogP contribution in [-0.2, 0) is 0 Å². The lowest BCUT2D eigenvalue weighted by Gasteiger charge is -2.36. The first kappa shape index (κ1) is 32.3. The third kappa shape index (κ3) is 5.35. The monoisotopic (exact) mass is 668 g/mol. The number of nitrogens with zero attached hydrogens (tertiary/aromatic N) is 2. The highest BCUT2D eigenvalue weighted by molar-refractivity contribution is 6.75. The normalized spacial score (nSPS) is 13.2. The topological polar surface area (TPSA) is 28.3 Å². The Labute approximate surface area is 287 Å². The molecule has 6 heteroatoms. The van der Waals surface area contributed by atoms with Crippen LogP contribution in [0, 0.1) is 0 Å². The Balaban J connectivity index is 1.42. The molecule has 0 fully saturated rings. The van der Waals surface area contributed by atoms with Crippen LogP contribution < -0.4 is 8.85 Å². The number of benzene rings is 5. The Morgan fingerprint density at radius 1 is 0.417 bits per heavy atom. The fourth-order valence-corrected chi connectivity index (χ4v) is 8.30. The highest BCUT2D eigenvalue weighted by atomic mass is 28.4. The molecule has 2 aromatic heterocycles. The van der Waals surface area contributed by atoms with Crippen LogP contribution in [0.2, 0.25) is 36.3 Å². The second kappa shape index (κ2) is 11.1. The standard InChI is InChI=1S/C42H48N2O2Si2/c1-41(2,3)47(7,8)45-31-22-24-35-33-18-11-13-20-37(33)43(39(35)27-31)29-16-15-17-30(26-29)44-38-21-14-12-19-34(38)36-25-23-32(28-40(36)44)46-48(9,10)42(4,5)6/h11-28H,1-10H3. The molecule has 2 heterocycles. The molecule has 7 rings (SSSR count). The van der Waals surface area contributed by atoms with E-state index in [0.717, 1.165) is 33.9 Å². The van der Waals surface area contributed by atoms with E-state index < -0.39 is 16.6 Å². The molecule has 4 nitrogen and oxygen atoms in total. The zero-order valence-electron chi connectivity index (χ0n) is 30.1. The predicted octanol–water partition coefficient (Wildman–Crippen LogP) is 12.6. The van der Waals surface area contributed by atoms with Crippen LogP contribution in [-0.4, -0.2) is 25.8 Å². The third-order valence-corrected chi connectivity index (χ3v) is 19.7. The third-order valence-electron chi connectivity index (χ3n) is 11.0. The Morgan fingerprint density at radius 3 is 1.19 bits per heavy atom. The summed E-state index contributed by atoms with van der Waals surface area (Å²) in [5.74, 6) is 1.87. The second-order valence-corrected chi connectivity index (χ2v) is 25.8. The van der Waals surface area contributed by atoms with Crippen LogP contribution in [0.1, 0.15) is 41.5 Å². The average molecular weight is 669 g/mol. The van der Waals surface area contributed by atoms with Gasteiger partial charge in [0.1, 0.15) is 11.5 Å².